The van der Waals surface area contributed by atoms with Crippen molar-refractivity contribution in [3.63, 3.8) is 0 Å². The first-order valence-corrected chi connectivity index (χ1v) is 6.82. The molecule has 0 saturated heterocycles. The van der Waals surface area contributed by atoms with Crippen LogP contribution in [0.5, 0.6) is 5.75 Å². The SMILES string of the molecule is COc1ccc(C(Nc2cnns2)C2CC2)cc1. The maximum absolute atomic E-state index is 5.19. The molecule has 1 heterocycles. The molecule has 94 valence electrons. The van der Waals surface area contributed by atoms with Crippen LogP contribution in [-0.4, -0.2) is 16.7 Å². The number of ether oxygens (including phenoxy) is 1. The molecule has 1 aromatic carbocycles. The third-order valence-electron chi connectivity index (χ3n) is 3.23. The van der Waals surface area contributed by atoms with Crippen molar-refractivity contribution in [2.45, 2.75) is 18.9 Å². The number of hydrogen-bond donors (Lipinski definition) is 1. The van der Waals surface area contributed by atoms with Gasteiger partial charge in [0.2, 0.25) is 0 Å². The Hall–Kier alpha value is -1.62. The van der Waals surface area contributed by atoms with E-state index in [1.807, 2.05) is 12.1 Å². The first-order valence-electron chi connectivity index (χ1n) is 6.04. The van der Waals surface area contributed by atoms with Crippen LogP contribution < -0.4 is 10.1 Å². The van der Waals surface area contributed by atoms with E-state index in [2.05, 4.69) is 27.0 Å². The predicted octanol–water partition coefficient (Wildman–Crippen LogP) is 3.11. The zero-order chi connectivity index (χ0) is 12.4. The lowest BCUT2D eigenvalue weighted by Crippen LogP contribution is -2.12. The molecule has 1 N–H and O–H groups in total. The standard InChI is InChI=1S/C13H15N3OS/c1-17-11-6-4-10(5-7-11)13(9-2-3-9)15-12-8-14-16-18-12/h4-9,13,15H,2-3H2,1H3. The summed E-state index contributed by atoms with van der Waals surface area (Å²) in [6.07, 6.45) is 4.36. The van der Waals surface area contributed by atoms with Crippen LogP contribution in [0.1, 0.15) is 24.4 Å². The molecule has 3 rings (SSSR count). The van der Waals surface area contributed by atoms with E-state index in [1.54, 1.807) is 13.3 Å². The second-order valence-corrected chi connectivity index (χ2v) is 5.30. The fraction of sp³-hybridized carbons (Fsp3) is 0.385. The average molecular weight is 261 g/mol. The van der Waals surface area contributed by atoms with Crippen LogP contribution in [-0.2, 0) is 0 Å². The van der Waals surface area contributed by atoms with Gasteiger partial charge in [-0.1, -0.05) is 16.6 Å². The summed E-state index contributed by atoms with van der Waals surface area (Å²) in [4.78, 5) is 0. The Bertz CT molecular complexity index is 493. The van der Waals surface area contributed by atoms with Crippen LogP contribution in [0, 0.1) is 5.92 Å². The van der Waals surface area contributed by atoms with Gasteiger partial charge in [-0.05, 0) is 36.5 Å². The van der Waals surface area contributed by atoms with Crippen molar-refractivity contribution in [2.24, 2.45) is 5.92 Å². The number of anilines is 1. The van der Waals surface area contributed by atoms with Crippen LogP contribution in [0.25, 0.3) is 0 Å². The van der Waals surface area contributed by atoms with Gasteiger partial charge in [0, 0.05) is 11.5 Å². The molecule has 1 unspecified atom stereocenters. The first-order chi connectivity index (χ1) is 8.86. The van der Waals surface area contributed by atoms with Crippen molar-refractivity contribution in [1.82, 2.24) is 9.59 Å². The fourth-order valence-corrected chi connectivity index (χ4v) is 2.55. The van der Waals surface area contributed by atoms with Crippen LogP contribution in [0.2, 0.25) is 0 Å². The van der Waals surface area contributed by atoms with Crippen molar-refractivity contribution in [3.05, 3.63) is 36.0 Å². The van der Waals surface area contributed by atoms with Gasteiger partial charge in [-0.2, -0.15) is 0 Å². The van der Waals surface area contributed by atoms with E-state index >= 15 is 0 Å². The minimum atomic E-state index is 0.359. The van der Waals surface area contributed by atoms with Crippen molar-refractivity contribution < 1.29 is 4.74 Å². The lowest BCUT2D eigenvalue weighted by Gasteiger charge is -2.18. The highest BCUT2D eigenvalue weighted by molar-refractivity contribution is 7.09. The third kappa shape index (κ3) is 2.46. The molecule has 5 heteroatoms. The van der Waals surface area contributed by atoms with E-state index in [-0.39, 0.29) is 0 Å². The minimum Gasteiger partial charge on any atom is -0.497 e. The number of methoxy groups -OCH3 is 1. The van der Waals surface area contributed by atoms with Gasteiger partial charge in [0.05, 0.1) is 19.3 Å². The normalized spacial score (nSPS) is 16.3. The van der Waals surface area contributed by atoms with Gasteiger partial charge in [0.15, 0.2) is 0 Å². The highest BCUT2D eigenvalue weighted by Crippen LogP contribution is 2.43. The van der Waals surface area contributed by atoms with E-state index in [1.165, 1.54) is 29.9 Å². The van der Waals surface area contributed by atoms with E-state index in [9.17, 15) is 0 Å². The molecule has 0 bridgehead atoms. The third-order valence-corrected chi connectivity index (χ3v) is 3.82. The number of hydrogen-bond acceptors (Lipinski definition) is 5. The van der Waals surface area contributed by atoms with Gasteiger partial charge < -0.3 is 10.1 Å². The largest absolute Gasteiger partial charge is 0.497 e. The Labute approximate surface area is 110 Å². The summed E-state index contributed by atoms with van der Waals surface area (Å²) < 4.78 is 9.08. The van der Waals surface area contributed by atoms with Crippen LogP contribution in [0.3, 0.4) is 0 Å². The van der Waals surface area contributed by atoms with Crippen LogP contribution in [0.4, 0.5) is 5.00 Å². The number of benzene rings is 1. The second-order valence-electron chi connectivity index (χ2n) is 4.51. The molecule has 0 aliphatic heterocycles. The molecule has 1 atom stereocenters. The van der Waals surface area contributed by atoms with Gasteiger partial charge in [-0.3, -0.25) is 0 Å². The maximum atomic E-state index is 5.19. The molecule has 4 nitrogen and oxygen atoms in total. The molecule has 0 radical (unpaired) electrons. The second kappa shape index (κ2) is 4.94. The van der Waals surface area contributed by atoms with Crippen LogP contribution in [0.15, 0.2) is 30.5 Å². The summed E-state index contributed by atoms with van der Waals surface area (Å²) in [6, 6.07) is 8.64. The molecule has 18 heavy (non-hydrogen) atoms. The average Bonchev–Trinajstić information content (AvgIpc) is 3.13. The Morgan fingerprint density at radius 1 is 1.33 bits per heavy atom. The highest BCUT2D eigenvalue weighted by atomic mass is 32.1. The van der Waals surface area contributed by atoms with Gasteiger partial charge in [-0.25, -0.2) is 0 Å². The van der Waals surface area contributed by atoms with Crippen molar-refractivity contribution >= 4 is 16.5 Å². The zero-order valence-corrected chi connectivity index (χ0v) is 11.0. The van der Waals surface area contributed by atoms with Gasteiger partial charge in [0.25, 0.3) is 0 Å². The molecule has 1 aliphatic rings. The Kier molecular flexibility index (Phi) is 3.15. The Morgan fingerprint density at radius 2 is 2.11 bits per heavy atom. The molecule has 1 saturated carbocycles. The topological polar surface area (TPSA) is 47.0 Å². The van der Waals surface area contributed by atoms with Gasteiger partial charge in [-0.15, -0.1) is 5.10 Å². The summed E-state index contributed by atoms with van der Waals surface area (Å²) in [5, 5.41) is 8.42. The Balaban J connectivity index is 1.80. The van der Waals surface area contributed by atoms with E-state index in [0.29, 0.717) is 6.04 Å². The molecule has 1 aromatic heterocycles. The summed E-state index contributed by atoms with van der Waals surface area (Å²) in [5.74, 6) is 1.62. The Morgan fingerprint density at radius 3 is 2.67 bits per heavy atom. The molecular weight excluding hydrogens is 246 g/mol. The lowest BCUT2D eigenvalue weighted by molar-refractivity contribution is 0.414. The molecule has 2 aromatic rings. The van der Waals surface area contributed by atoms with E-state index < -0.39 is 0 Å². The quantitative estimate of drug-likeness (QED) is 0.898. The molecule has 0 amide bonds. The highest BCUT2D eigenvalue weighted by Gasteiger charge is 2.32. The fourth-order valence-electron chi connectivity index (χ4n) is 2.10. The zero-order valence-electron chi connectivity index (χ0n) is 10.2. The maximum Gasteiger partial charge on any atom is 0.130 e. The van der Waals surface area contributed by atoms with Crippen molar-refractivity contribution in [1.29, 1.82) is 0 Å². The number of nitrogens with one attached hydrogen (secondary N) is 1. The smallest absolute Gasteiger partial charge is 0.130 e. The minimum absolute atomic E-state index is 0.359. The van der Waals surface area contributed by atoms with E-state index in [0.717, 1.165) is 16.7 Å². The van der Waals surface area contributed by atoms with E-state index in [4.69, 9.17) is 4.74 Å². The van der Waals surface area contributed by atoms with Gasteiger partial charge in [0.1, 0.15) is 10.8 Å². The predicted molar refractivity (Wildman–Crippen MR) is 72.0 cm³/mol. The monoisotopic (exact) mass is 261 g/mol. The summed E-state index contributed by atoms with van der Waals surface area (Å²) >= 11 is 1.40. The number of rotatable bonds is 5. The summed E-state index contributed by atoms with van der Waals surface area (Å²) in [7, 11) is 1.69. The summed E-state index contributed by atoms with van der Waals surface area (Å²) in [6.45, 7) is 0. The summed E-state index contributed by atoms with van der Waals surface area (Å²) in [5.41, 5.74) is 1.30. The molecular formula is C13H15N3OS. The lowest BCUT2D eigenvalue weighted by atomic mass is 10.0. The number of nitrogens with zero attached hydrogens (tertiary/aromatic N) is 2. The van der Waals surface area contributed by atoms with Crippen LogP contribution >= 0.6 is 11.5 Å². The molecule has 1 aliphatic carbocycles. The first kappa shape index (κ1) is 11.5. The number of aromatic nitrogens is 2. The molecule has 1 fully saturated rings. The van der Waals surface area contributed by atoms with Gasteiger partial charge >= 0.3 is 0 Å². The molecule has 0 spiro atoms. The van der Waals surface area contributed by atoms with Crippen molar-refractivity contribution in [2.75, 3.05) is 12.4 Å². The van der Waals surface area contributed by atoms with Crippen molar-refractivity contribution in [3.8, 4) is 5.75 Å².